The molecule has 0 spiro atoms. The lowest BCUT2D eigenvalue weighted by atomic mass is 9.60. The van der Waals surface area contributed by atoms with Crippen molar-refractivity contribution in [3.05, 3.63) is 238 Å². The maximum atomic E-state index is 5.05. The monoisotopic (exact) mass is 737 g/mol. The Bertz CT molecular complexity index is 2550. The van der Waals surface area contributed by atoms with Gasteiger partial charge in [-0.2, -0.15) is 0 Å². The van der Waals surface area contributed by atoms with Crippen molar-refractivity contribution in [1.29, 1.82) is 0 Å². The highest BCUT2D eigenvalue weighted by atomic mass is 14.8. The Hall–Kier alpha value is -6.31. The molecular formula is C56H51N. The van der Waals surface area contributed by atoms with Crippen LogP contribution in [0.5, 0.6) is 0 Å². The molecule has 0 saturated carbocycles. The second-order valence-electron chi connectivity index (χ2n) is 15.4. The minimum absolute atomic E-state index is 0.405. The fourth-order valence-corrected chi connectivity index (χ4v) is 9.09. The van der Waals surface area contributed by atoms with Crippen molar-refractivity contribution in [3.8, 4) is 22.3 Å². The Balaban J connectivity index is 1.24. The molecule has 5 aromatic carbocycles. The lowest BCUT2D eigenvalue weighted by molar-refractivity contribution is 0.656. The van der Waals surface area contributed by atoms with E-state index < -0.39 is 5.41 Å². The van der Waals surface area contributed by atoms with Gasteiger partial charge in [0, 0.05) is 11.3 Å². The second kappa shape index (κ2) is 16.8. The quantitative estimate of drug-likeness (QED) is 0.0945. The van der Waals surface area contributed by atoms with E-state index in [9.17, 15) is 0 Å². The summed E-state index contributed by atoms with van der Waals surface area (Å²) < 4.78 is 0. The average Bonchev–Trinajstić information content (AvgIpc) is 3.59. The van der Waals surface area contributed by atoms with Crippen molar-refractivity contribution in [1.82, 2.24) is 0 Å². The van der Waals surface area contributed by atoms with Crippen LogP contribution in [0.2, 0.25) is 0 Å². The summed E-state index contributed by atoms with van der Waals surface area (Å²) in [6.07, 6.45) is 26.1. The standard InChI is InChI=1S/C56H51N/c1-5-6-9-28-50-39-52-51(48-27-18-26-47(38-48)42(4)57-41(3)44-33-35-46(36-34-44)45-23-12-8-13-24-45)29-19-32-55(52)56(50,53-30-16-14-20-40(53)2)54-31-17-15-25-49(54)37-43-21-10-7-11-22-43/h5-14,17-24,26-29,31-36,38-39H,4,15-16,25,30,37H2,1-3H3/b6-5-,28-9-,57-41?. The molecule has 3 aliphatic carbocycles. The van der Waals surface area contributed by atoms with Gasteiger partial charge in [-0.05, 0) is 126 Å². The topological polar surface area (TPSA) is 12.4 Å². The molecule has 0 aliphatic heterocycles. The Kier molecular flexibility index (Phi) is 11.1. The summed E-state index contributed by atoms with van der Waals surface area (Å²) in [4.78, 5) is 5.05. The molecule has 0 heterocycles. The highest BCUT2D eigenvalue weighted by Crippen LogP contribution is 2.58. The van der Waals surface area contributed by atoms with E-state index in [-0.39, 0.29) is 0 Å². The summed E-state index contributed by atoms with van der Waals surface area (Å²) >= 11 is 0. The van der Waals surface area contributed by atoms with Gasteiger partial charge in [-0.25, -0.2) is 0 Å². The maximum Gasteiger partial charge on any atom is 0.0672 e. The van der Waals surface area contributed by atoms with Gasteiger partial charge in [0.15, 0.2) is 0 Å². The average molecular weight is 738 g/mol. The minimum Gasteiger partial charge on any atom is -0.253 e. The van der Waals surface area contributed by atoms with E-state index in [1.807, 2.05) is 0 Å². The maximum absolute atomic E-state index is 5.05. The number of nitrogens with zero attached hydrogens (tertiary/aromatic N) is 1. The first-order chi connectivity index (χ1) is 28.0. The molecule has 0 fully saturated rings. The minimum atomic E-state index is -0.405. The first-order valence-corrected chi connectivity index (χ1v) is 20.4. The molecule has 57 heavy (non-hydrogen) atoms. The van der Waals surface area contributed by atoms with Gasteiger partial charge >= 0.3 is 0 Å². The van der Waals surface area contributed by atoms with Gasteiger partial charge in [0.2, 0.25) is 0 Å². The van der Waals surface area contributed by atoms with Crippen molar-refractivity contribution >= 4 is 17.5 Å². The van der Waals surface area contributed by atoms with E-state index in [4.69, 9.17) is 4.99 Å². The predicted molar refractivity (Wildman–Crippen MR) is 245 cm³/mol. The third-order valence-corrected chi connectivity index (χ3v) is 11.8. The normalized spacial score (nSPS) is 18.2. The first kappa shape index (κ1) is 37.6. The zero-order valence-corrected chi connectivity index (χ0v) is 33.5. The zero-order valence-electron chi connectivity index (χ0n) is 33.5. The van der Waals surface area contributed by atoms with E-state index in [1.165, 1.54) is 66.8 Å². The highest BCUT2D eigenvalue weighted by molar-refractivity contribution is 6.02. The summed E-state index contributed by atoms with van der Waals surface area (Å²) in [7, 11) is 0. The van der Waals surface area contributed by atoms with Gasteiger partial charge in [-0.1, -0.05) is 188 Å². The fraction of sp³-hybridized carbons (Fsp3) is 0.161. The summed E-state index contributed by atoms with van der Waals surface area (Å²) in [5.41, 5.74) is 19.4. The summed E-state index contributed by atoms with van der Waals surface area (Å²) in [6.45, 7) is 11.0. The third kappa shape index (κ3) is 7.51. The number of fused-ring (bicyclic) bond motifs is 1. The molecule has 1 unspecified atom stereocenters. The van der Waals surface area contributed by atoms with Gasteiger partial charge in [0.25, 0.3) is 0 Å². The van der Waals surface area contributed by atoms with Crippen LogP contribution in [0.3, 0.4) is 0 Å². The molecule has 5 aromatic rings. The lowest BCUT2D eigenvalue weighted by Crippen LogP contribution is -2.34. The molecule has 0 amide bonds. The number of allylic oxidation sites excluding steroid dienone is 13. The number of benzene rings is 5. The number of hydrogen-bond acceptors (Lipinski definition) is 1. The molecule has 0 bridgehead atoms. The van der Waals surface area contributed by atoms with Crippen LogP contribution in [0, 0.1) is 0 Å². The van der Waals surface area contributed by atoms with Crippen molar-refractivity contribution in [2.45, 2.75) is 58.3 Å². The summed E-state index contributed by atoms with van der Waals surface area (Å²) in [5, 5.41) is 0. The van der Waals surface area contributed by atoms with Crippen LogP contribution in [-0.4, -0.2) is 5.71 Å². The first-order valence-electron chi connectivity index (χ1n) is 20.4. The van der Waals surface area contributed by atoms with E-state index >= 15 is 0 Å². The van der Waals surface area contributed by atoms with Crippen LogP contribution in [0.1, 0.15) is 74.3 Å². The molecular weight excluding hydrogens is 687 g/mol. The second-order valence-corrected chi connectivity index (χ2v) is 15.4. The van der Waals surface area contributed by atoms with Crippen molar-refractivity contribution in [2.24, 2.45) is 4.99 Å². The summed E-state index contributed by atoms with van der Waals surface area (Å²) in [5.74, 6) is 0. The van der Waals surface area contributed by atoms with E-state index in [0.29, 0.717) is 0 Å². The Labute approximate surface area is 340 Å². The largest absolute Gasteiger partial charge is 0.253 e. The van der Waals surface area contributed by atoms with Crippen LogP contribution >= 0.6 is 0 Å². The number of hydrogen-bond donors (Lipinski definition) is 0. The molecule has 8 rings (SSSR count). The SMILES string of the molecule is C=C(N=C(C)c1ccc(-c2ccccc2)cc1)c1cccc(-c2cccc3c2C=C(/C=C\C=C/C)C3(C2=C(Cc3ccccc3)CCC=C2)C2=C(C)C=CCC2)c1. The van der Waals surface area contributed by atoms with Crippen molar-refractivity contribution in [3.63, 3.8) is 0 Å². The van der Waals surface area contributed by atoms with Crippen molar-refractivity contribution in [2.75, 3.05) is 0 Å². The molecule has 0 radical (unpaired) electrons. The van der Waals surface area contributed by atoms with Gasteiger partial charge in [-0.3, -0.25) is 4.99 Å². The Morgan fingerprint density at radius 1 is 0.719 bits per heavy atom. The third-order valence-electron chi connectivity index (χ3n) is 11.8. The molecule has 1 heteroatoms. The molecule has 0 saturated heterocycles. The van der Waals surface area contributed by atoms with E-state index in [0.717, 1.165) is 54.6 Å². The summed E-state index contributed by atoms with van der Waals surface area (Å²) in [6, 6.07) is 45.9. The fourth-order valence-electron chi connectivity index (χ4n) is 9.09. The van der Waals surface area contributed by atoms with Crippen molar-refractivity contribution < 1.29 is 0 Å². The molecule has 0 N–H and O–H groups in total. The van der Waals surface area contributed by atoms with Crippen LogP contribution in [0.15, 0.2) is 215 Å². The molecule has 280 valence electrons. The smallest absolute Gasteiger partial charge is 0.0672 e. The number of rotatable bonds is 11. The van der Waals surface area contributed by atoms with Gasteiger partial charge in [-0.15, -0.1) is 0 Å². The van der Waals surface area contributed by atoms with Gasteiger partial charge in [0.1, 0.15) is 0 Å². The van der Waals surface area contributed by atoms with Crippen LogP contribution < -0.4 is 0 Å². The predicted octanol–water partition coefficient (Wildman–Crippen LogP) is 14.8. The zero-order chi connectivity index (χ0) is 39.2. The van der Waals surface area contributed by atoms with E-state index in [2.05, 4.69) is 209 Å². The lowest BCUT2D eigenvalue weighted by Gasteiger charge is -2.42. The van der Waals surface area contributed by atoms with Crippen LogP contribution in [0.4, 0.5) is 0 Å². The van der Waals surface area contributed by atoms with Gasteiger partial charge < -0.3 is 0 Å². The molecule has 1 atom stereocenters. The van der Waals surface area contributed by atoms with Crippen LogP contribution in [0.25, 0.3) is 34.0 Å². The van der Waals surface area contributed by atoms with Crippen LogP contribution in [-0.2, 0) is 11.8 Å². The van der Waals surface area contributed by atoms with E-state index in [1.54, 1.807) is 0 Å². The molecule has 1 nitrogen and oxygen atoms in total. The highest BCUT2D eigenvalue weighted by Gasteiger charge is 2.48. The Morgan fingerprint density at radius 3 is 2.19 bits per heavy atom. The molecule has 0 aromatic heterocycles. The van der Waals surface area contributed by atoms with Gasteiger partial charge in [0.05, 0.1) is 11.1 Å². The number of aliphatic imine (C=N–C) groups is 1. The molecule has 3 aliphatic rings. The Morgan fingerprint density at radius 2 is 1.42 bits per heavy atom.